The normalized spacial score (nSPS) is 41.3. The number of fused-ring (bicyclic) bond motifs is 3. The van der Waals surface area contributed by atoms with Crippen LogP contribution in [-0.2, 0) is 4.79 Å². The molecular weight excluding hydrogens is 283 g/mol. The van der Waals surface area contributed by atoms with E-state index in [-0.39, 0.29) is 5.44 Å². The molecule has 1 amide bonds. The molecule has 4 aliphatic rings. The van der Waals surface area contributed by atoms with Gasteiger partial charge >= 0.3 is 0 Å². The number of hydrogen-bond acceptors (Lipinski definition) is 2. The average molecular weight is 318 g/mol. The van der Waals surface area contributed by atoms with E-state index in [2.05, 4.69) is 32.6 Å². The van der Waals surface area contributed by atoms with Gasteiger partial charge in [0.25, 0.3) is 0 Å². The maximum atomic E-state index is 12.4. The highest BCUT2D eigenvalue weighted by atomic mass is 16.2. The molecule has 2 bridgehead atoms. The Bertz CT molecular complexity index is 456. The third kappa shape index (κ3) is 3.08. The van der Waals surface area contributed by atoms with E-state index in [0.29, 0.717) is 29.2 Å². The first-order valence-corrected chi connectivity index (χ1v) is 9.86. The smallest absolute Gasteiger partial charge is 0.223 e. The Labute approximate surface area is 143 Å². The van der Waals surface area contributed by atoms with Crippen molar-refractivity contribution in [2.75, 3.05) is 0 Å². The van der Waals surface area contributed by atoms with Crippen LogP contribution in [-0.4, -0.2) is 35.6 Å². The Balaban J connectivity index is 1.80. The zero-order chi connectivity index (χ0) is 16.8. The molecular formula is C19H35BN2O. The lowest BCUT2D eigenvalue weighted by molar-refractivity contribution is -0.142. The molecule has 4 unspecified atom stereocenters. The summed E-state index contributed by atoms with van der Waals surface area (Å²) in [7, 11) is 1.20. The number of piperidine rings is 1. The molecule has 0 radical (unpaired) electrons. The summed E-state index contributed by atoms with van der Waals surface area (Å²) in [6.07, 6.45) is 9.20. The molecule has 0 aromatic rings. The van der Waals surface area contributed by atoms with Crippen molar-refractivity contribution in [1.82, 2.24) is 4.90 Å². The summed E-state index contributed by atoms with van der Waals surface area (Å²) in [5.41, 5.74) is 6.85. The number of nitrogens with zero attached hydrogens (tertiary/aromatic N) is 1. The summed E-state index contributed by atoms with van der Waals surface area (Å²) in [5.74, 6) is 1.73. The van der Waals surface area contributed by atoms with E-state index in [1.165, 1.54) is 39.4 Å². The molecule has 3 saturated heterocycles. The van der Waals surface area contributed by atoms with E-state index in [0.717, 1.165) is 25.2 Å². The van der Waals surface area contributed by atoms with Crippen LogP contribution in [0.3, 0.4) is 0 Å². The van der Waals surface area contributed by atoms with Gasteiger partial charge in [0.15, 0.2) is 7.28 Å². The molecule has 4 heteroatoms. The first kappa shape index (κ1) is 17.3. The summed E-state index contributed by atoms with van der Waals surface area (Å²) in [6, 6.07) is 0.756. The minimum atomic E-state index is 0.0353. The largest absolute Gasteiger partial charge is 0.337 e. The average Bonchev–Trinajstić information content (AvgIpc) is 2.43. The highest BCUT2D eigenvalue weighted by Crippen LogP contribution is 2.58. The molecule has 23 heavy (non-hydrogen) atoms. The van der Waals surface area contributed by atoms with Crippen LogP contribution in [0.2, 0.25) is 5.31 Å². The number of likely N-dealkylation sites (tertiary alicyclic amines) is 1. The van der Waals surface area contributed by atoms with E-state index in [9.17, 15) is 4.79 Å². The highest BCUT2D eigenvalue weighted by Gasteiger charge is 2.56. The second kappa shape index (κ2) is 6.09. The minimum absolute atomic E-state index is 0.0353. The van der Waals surface area contributed by atoms with Crippen molar-refractivity contribution in [1.29, 1.82) is 0 Å². The topological polar surface area (TPSA) is 46.3 Å². The van der Waals surface area contributed by atoms with Crippen molar-refractivity contribution >= 4 is 13.2 Å². The second-order valence-electron chi connectivity index (χ2n) is 9.44. The van der Waals surface area contributed by atoms with Crippen molar-refractivity contribution in [3.63, 3.8) is 0 Å². The van der Waals surface area contributed by atoms with Gasteiger partial charge in [0.2, 0.25) is 5.91 Å². The molecule has 4 rings (SSSR count). The van der Waals surface area contributed by atoms with Gasteiger partial charge in [-0.25, -0.2) is 0 Å². The number of rotatable bonds is 2. The predicted molar refractivity (Wildman–Crippen MR) is 97.8 cm³/mol. The van der Waals surface area contributed by atoms with Gasteiger partial charge < -0.3 is 10.6 Å². The summed E-state index contributed by atoms with van der Waals surface area (Å²) in [5, 5.41) is 0.504. The zero-order valence-electron chi connectivity index (χ0n) is 15.6. The van der Waals surface area contributed by atoms with Crippen molar-refractivity contribution in [2.24, 2.45) is 17.6 Å². The number of carbonyl (C=O) groups excluding carboxylic acids is 1. The fourth-order valence-electron chi connectivity index (χ4n) is 6.05. The Morgan fingerprint density at radius 1 is 1.22 bits per heavy atom. The molecule has 3 aliphatic heterocycles. The van der Waals surface area contributed by atoms with E-state index in [4.69, 9.17) is 5.73 Å². The molecule has 0 spiro atoms. The van der Waals surface area contributed by atoms with Gasteiger partial charge in [-0.1, -0.05) is 33.1 Å². The van der Waals surface area contributed by atoms with E-state index in [1.807, 2.05) is 0 Å². The zero-order valence-corrected chi connectivity index (χ0v) is 15.6. The summed E-state index contributed by atoms with van der Waals surface area (Å²) in [6.45, 7) is 9.11. The monoisotopic (exact) mass is 318 g/mol. The standard InChI is InChI=1S/C19H35BN2O/c1-13(2)18-10-6-5-7-16-15(11-19(21,12-18)20-18)8-9-17(23)22(16)14(3)4/h13-16,20H,5-12,21H2,1-4H3. The van der Waals surface area contributed by atoms with Crippen LogP contribution >= 0.6 is 0 Å². The predicted octanol–water partition coefficient (Wildman–Crippen LogP) is 3.28. The first-order chi connectivity index (χ1) is 10.8. The van der Waals surface area contributed by atoms with E-state index < -0.39 is 0 Å². The Morgan fingerprint density at radius 3 is 2.52 bits per heavy atom. The van der Waals surface area contributed by atoms with Gasteiger partial charge in [-0.05, 0) is 62.1 Å². The van der Waals surface area contributed by atoms with E-state index >= 15 is 0 Å². The van der Waals surface area contributed by atoms with Crippen LogP contribution in [0.4, 0.5) is 0 Å². The van der Waals surface area contributed by atoms with Gasteiger partial charge in [0, 0.05) is 18.5 Å². The van der Waals surface area contributed by atoms with Crippen molar-refractivity contribution in [3.05, 3.63) is 0 Å². The van der Waals surface area contributed by atoms with Crippen LogP contribution in [0, 0.1) is 11.8 Å². The first-order valence-electron chi connectivity index (χ1n) is 9.86. The molecule has 3 nitrogen and oxygen atoms in total. The molecule has 0 aromatic carbocycles. The third-order valence-electron chi connectivity index (χ3n) is 7.20. The van der Waals surface area contributed by atoms with Gasteiger partial charge in [0.1, 0.15) is 0 Å². The summed E-state index contributed by atoms with van der Waals surface area (Å²) in [4.78, 5) is 14.7. The highest BCUT2D eigenvalue weighted by molar-refractivity contribution is 6.49. The quantitative estimate of drug-likeness (QED) is 0.794. The van der Waals surface area contributed by atoms with Crippen LogP contribution in [0.15, 0.2) is 0 Å². The molecule has 4 fully saturated rings. The SMILES string of the molecule is CC(C)N1C(=O)CCC2CC3(N)BC(C(C)C)(CCCCC21)C3. The third-order valence-corrected chi connectivity index (χ3v) is 7.20. The van der Waals surface area contributed by atoms with E-state index in [1.54, 1.807) is 0 Å². The number of nitrogens with two attached hydrogens (primary N) is 1. The van der Waals surface area contributed by atoms with Gasteiger partial charge in [-0.2, -0.15) is 0 Å². The minimum Gasteiger partial charge on any atom is -0.337 e. The Hall–Kier alpha value is -0.505. The number of carbonyl (C=O) groups is 1. The maximum absolute atomic E-state index is 12.4. The van der Waals surface area contributed by atoms with Crippen molar-refractivity contribution in [2.45, 2.75) is 102 Å². The number of hydrogen-bond donors (Lipinski definition) is 1. The van der Waals surface area contributed by atoms with Crippen molar-refractivity contribution in [3.8, 4) is 0 Å². The maximum Gasteiger partial charge on any atom is 0.223 e. The fraction of sp³-hybridized carbons (Fsp3) is 0.947. The molecule has 130 valence electrons. The van der Waals surface area contributed by atoms with Crippen LogP contribution in [0.25, 0.3) is 0 Å². The fourth-order valence-corrected chi connectivity index (χ4v) is 6.05. The molecule has 4 atom stereocenters. The van der Waals surface area contributed by atoms with Crippen molar-refractivity contribution < 1.29 is 4.79 Å². The van der Waals surface area contributed by atoms with Gasteiger partial charge in [0.05, 0.1) is 0 Å². The second-order valence-corrected chi connectivity index (χ2v) is 9.44. The van der Waals surface area contributed by atoms with Crippen LogP contribution in [0.1, 0.15) is 79.1 Å². The summed E-state index contributed by atoms with van der Waals surface area (Å²) >= 11 is 0. The Morgan fingerprint density at radius 2 is 1.91 bits per heavy atom. The lowest BCUT2D eigenvalue weighted by atomic mass is 9.23. The lowest BCUT2D eigenvalue weighted by Crippen LogP contribution is -2.66. The number of amides is 1. The lowest BCUT2D eigenvalue weighted by Gasteiger charge is -2.59. The summed E-state index contributed by atoms with van der Waals surface area (Å²) < 4.78 is 0. The van der Waals surface area contributed by atoms with Gasteiger partial charge in [-0.3, -0.25) is 4.79 Å². The molecule has 0 aromatic heterocycles. The van der Waals surface area contributed by atoms with Gasteiger partial charge in [-0.15, -0.1) is 0 Å². The Kier molecular flexibility index (Phi) is 4.59. The molecule has 1 saturated carbocycles. The molecule has 1 aliphatic carbocycles. The van der Waals surface area contributed by atoms with Crippen LogP contribution < -0.4 is 5.73 Å². The molecule has 3 heterocycles. The van der Waals surface area contributed by atoms with Crippen LogP contribution in [0.5, 0.6) is 0 Å². The molecule has 2 N–H and O–H groups in total.